The maximum atomic E-state index is 11.5. The summed E-state index contributed by atoms with van der Waals surface area (Å²) in [6.45, 7) is 42.3. The molecular weight excluding hydrogens is 817 g/mol. The molecule has 0 aliphatic heterocycles. The third-order valence-corrected chi connectivity index (χ3v) is 12.2. The van der Waals surface area contributed by atoms with Gasteiger partial charge in [0.05, 0.1) is 34.1 Å². The van der Waals surface area contributed by atoms with Crippen molar-refractivity contribution in [3.63, 3.8) is 0 Å². The van der Waals surface area contributed by atoms with Crippen LogP contribution in [0.4, 0.5) is 34.1 Å². The second kappa shape index (κ2) is 20.6. The van der Waals surface area contributed by atoms with Crippen molar-refractivity contribution < 1.29 is 20.4 Å². The molecule has 0 spiro atoms. The largest absolute Gasteiger partial charge is 0.505 e. The molecule has 0 amide bonds. The minimum Gasteiger partial charge on any atom is -0.505 e. The van der Waals surface area contributed by atoms with Crippen LogP contribution in [0, 0.1) is 27.7 Å². The fraction of sp³-hybridized carbons (Fsp3) is 0.483. The van der Waals surface area contributed by atoms with E-state index in [-0.39, 0.29) is 50.1 Å². The van der Waals surface area contributed by atoms with Gasteiger partial charge in [0.25, 0.3) is 0 Å². The van der Waals surface area contributed by atoms with Gasteiger partial charge in [-0.25, -0.2) is 0 Å². The first-order valence-electron chi connectivity index (χ1n) is 23.6. The molecule has 0 unspecified atom stereocenters. The molecule has 0 saturated carbocycles. The number of phenolic OH excluding ortho intramolecular Hbond substituents is 4. The highest BCUT2D eigenvalue weighted by Gasteiger charge is 2.28. The van der Waals surface area contributed by atoms with Crippen molar-refractivity contribution in [1.29, 1.82) is 0 Å². The van der Waals surface area contributed by atoms with Crippen LogP contribution in [0.5, 0.6) is 23.0 Å². The summed E-state index contributed by atoms with van der Waals surface area (Å²) in [6, 6.07) is 20.0. The van der Waals surface area contributed by atoms with E-state index in [4.69, 9.17) is 11.5 Å². The lowest BCUT2D eigenvalue weighted by Gasteiger charge is -2.29. The van der Waals surface area contributed by atoms with E-state index in [1.807, 2.05) is 52.8 Å². The lowest BCUT2D eigenvalue weighted by Crippen LogP contribution is -2.17. The molecule has 0 aliphatic rings. The molecule has 5 aromatic carbocycles. The van der Waals surface area contributed by atoms with Crippen molar-refractivity contribution in [2.24, 2.45) is 0 Å². The highest BCUT2D eigenvalue weighted by Crippen LogP contribution is 2.46. The number of phenols is 4. The first kappa shape index (κ1) is 54.8. The maximum Gasteiger partial charge on any atom is 0.161 e. The van der Waals surface area contributed by atoms with Crippen molar-refractivity contribution >= 4 is 34.1 Å². The number of nitrogen functional groups attached to an aromatic ring is 2. The fourth-order valence-electron chi connectivity index (χ4n) is 7.42. The molecule has 5 rings (SSSR count). The Kier molecular flexibility index (Phi) is 17.1. The fourth-order valence-corrected chi connectivity index (χ4v) is 7.42. The first-order valence-corrected chi connectivity index (χ1v) is 23.6. The molecule has 0 heterocycles. The van der Waals surface area contributed by atoms with E-state index in [9.17, 15) is 20.4 Å². The zero-order chi connectivity index (χ0) is 50.7. The van der Waals surface area contributed by atoms with Gasteiger partial charge in [-0.2, -0.15) is 0 Å². The number of hydrogen-bond acceptors (Lipinski definition) is 8. The Morgan fingerprint density at radius 3 is 1.06 bits per heavy atom. The van der Waals surface area contributed by atoms with Crippen LogP contribution >= 0.6 is 0 Å². The summed E-state index contributed by atoms with van der Waals surface area (Å²) < 4.78 is 0. The van der Waals surface area contributed by atoms with E-state index in [0.29, 0.717) is 22.7 Å². The molecule has 8 heteroatoms. The van der Waals surface area contributed by atoms with Crippen LogP contribution in [0.3, 0.4) is 0 Å². The summed E-state index contributed by atoms with van der Waals surface area (Å²) in [4.78, 5) is 0. The SMILES string of the molecule is CCCCc1cc(O)c(O)c(C(C)(C)C)c1.Cc1cc(N)c(N)cc1C.Cc1cc(Nc2cc(C(C)(C)C)cc(C(C)(C)C)c2O)c(Nc2cc(C(C)(C)C)cc(C(C)(C)C)c2O)cc1C. The number of hydrogen-bond donors (Lipinski definition) is 8. The summed E-state index contributed by atoms with van der Waals surface area (Å²) in [5.41, 5.74) is 25.4. The quantitative estimate of drug-likeness (QED) is 0.0593. The molecule has 0 radical (unpaired) electrons. The molecular formula is C58H86N4O4. The van der Waals surface area contributed by atoms with Crippen molar-refractivity contribution in [2.45, 2.75) is 185 Å². The number of nitrogens with one attached hydrogen (secondary N) is 2. The van der Waals surface area contributed by atoms with Gasteiger partial charge >= 0.3 is 0 Å². The molecule has 0 aromatic heterocycles. The standard InChI is InChI=1S/C36H52N2O2.C14H22O2.C8H12N2/c1-21-15-27(37-29-19-23(33(3,4)5)17-25(31(29)39)35(9,10)11)28(16-22(21)2)38-30-20-24(34(6,7)8)18-26(32(30)40)36(12,13)14;1-5-6-7-10-8-11(14(2,3)4)13(16)12(15)9-10;1-5-3-7(9)8(10)4-6(5)2/h15-20,37-40H,1-14H3;8-9,15-16H,5-7H2,1-4H3;3-4H,9-10H2,1-2H3. The summed E-state index contributed by atoms with van der Waals surface area (Å²) in [6.07, 6.45) is 3.19. The molecule has 0 saturated heterocycles. The number of rotatable bonds is 7. The second-order valence-corrected chi connectivity index (χ2v) is 23.5. The van der Waals surface area contributed by atoms with Crippen LogP contribution in [0.1, 0.15) is 179 Å². The van der Waals surface area contributed by atoms with E-state index in [2.05, 4.69) is 151 Å². The average molecular weight is 903 g/mol. The lowest BCUT2D eigenvalue weighted by molar-refractivity contribution is 0.388. The van der Waals surface area contributed by atoms with Gasteiger partial charge in [0.1, 0.15) is 11.5 Å². The topological polar surface area (TPSA) is 157 Å². The minimum absolute atomic E-state index is 0.00136. The van der Waals surface area contributed by atoms with Crippen molar-refractivity contribution in [3.05, 3.63) is 116 Å². The van der Waals surface area contributed by atoms with Crippen LogP contribution in [-0.2, 0) is 33.5 Å². The second-order valence-electron chi connectivity index (χ2n) is 23.5. The van der Waals surface area contributed by atoms with Crippen LogP contribution in [0.25, 0.3) is 0 Å². The van der Waals surface area contributed by atoms with Gasteiger partial charge in [0.15, 0.2) is 11.5 Å². The predicted octanol–water partition coefficient (Wildman–Crippen LogP) is 15.6. The Hall–Kier alpha value is -5.50. The van der Waals surface area contributed by atoms with Gasteiger partial charge in [0.2, 0.25) is 0 Å². The molecule has 0 atom stereocenters. The zero-order valence-electron chi connectivity index (χ0n) is 44.3. The average Bonchev–Trinajstić information content (AvgIpc) is 3.16. The van der Waals surface area contributed by atoms with Gasteiger partial charge in [-0.3, -0.25) is 0 Å². The number of anilines is 6. The number of unbranched alkanes of at least 4 members (excludes halogenated alkanes) is 1. The molecule has 66 heavy (non-hydrogen) atoms. The summed E-state index contributed by atoms with van der Waals surface area (Å²) >= 11 is 0. The highest BCUT2D eigenvalue weighted by molar-refractivity contribution is 5.84. The smallest absolute Gasteiger partial charge is 0.161 e. The van der Waals surface area contributed by atoms with Crippen molar-refractivity contribution in [3.8, 4) is 23.0 Å². The van der Waals surface area contributed by atoms with Crippen LogP contribution in [0.2, 0.25) is 0 Å². The van der Waals surface area contributed by atoms with Crippen LogP contribution in [0.15, 0.2) is 60.7 Å². The lowest BCUT2D eigenvalue weighted by atomic mass is 9.79. The molecule has 0 fully saturated rings. The molecule has 362 valence electrons. The molecule has 0 bridgehead atoms. The Morgan fingerprint density at radius 1 is 0.409 bits per heavy atom. The van der Waals surface area contributed by atoms with Crippen LogP contribution in [-0.4, -0.2) is 20.4 Å². The van der Waals surface area contributed by atoms with E-state index in [0.717, 1.165) is 75.1 Å². The normalized spacial score (nSPS) is 12.2. The number of benzene rings is 5. The monoisotopic (exact) mass is 903 g/mol. The van der Waals surface area contributed by atoms with E-state index in [1.165, 1.54) is 11.1 Å². The Bertz CT molecular complexity index is 2320. The Balaban J connectivity index is 0.000000359. The molecule has 8 nitrogen and oxygen atoms in total. The van der Waals surface area contributed by atoms with Gasteiger partial charge in [-0.15, -0.1) is 0 Å². The van der Waals surface area contributed by atoms with Crippen molar-refractivity contribution in [1.82, 2.24) is 0 Å². The Morgan fingerprint density at radius 2 is 0.742 bits per heavy atom. The van der Waals surface area contributed by atoms with E-state index in [1.54, 1.807) is 6.07 Å². The summed E-state index contributed by atoms with van der Waals surface area (Å²) in [7, 11) is 0. The van der Waals surface area contributed by atoms with E-state index < -0.39 is 0 Å². The number of nitrogens with two attached hydrogens (primary N) is 2. The highest BCUT2D eigenvalue weighted by atomic mass is 16.3. The predicted molar refractivity (Wildman–Crippen MR) is 285 cm³/mol. The summed E-state index contributed by atoms with van der Waals surface area (Å²) in [5.74, 6) is 0.542. The maximum absolute atomic E-state index is 11.5. The van der Waals surface area contributed by atoms with Gasteiger partial charge in [-0.1, -0.05) is 135 Å². The molecule has 0 aliphatic carbocycles. The van der Waals surface area contributed by atoms with Gasteiger partial charge < -0.3 is 42.5 Å². The summed E-state index contributed by atoms with van der Waals surface area (Å²) in [5, 5.41) is 49.6. The minimum atomic E-state index is -0.228. The number of aryl methyl sites for hydroxylation is 5. The van der Waals surface area contributed by atoms with Crippen molar-refractivity contribution in [2.75, 3.05) is 22.1 Å². The van der Waals surface area contributed by atoms with Crippen LogP contribution < -0.4 is 22.1 Å². The first-order chi connectivity index (χ1) is 30.0. The van der Waals surface area contributed by atoms with Gasteiger partial charge in [0, 0.05) is 16.7 Å². The van der Waals surface area contributed by atoms with Gasteiger partial charge in [-0.05, 0) is 149 Å². The Labute approximate surface area is 399 Å². The van der Waals surface area contributed by atoms with E-state index >= 15 is 0 Å². The number of aromatic hydroxyl groups is 4. The third kappa shape index (κ3) is 14.3. The molecule has 10 N–H and O–H groups in total. The zero-order valence-corrected chi connectivity index (χ0v) is 44.3. The molecule has 5 aromatic rings. The third-order valence-electron chi connectivity index (χ3n) is 12.2.